The highest BCUT2D eigenvalue weighted by atomic mass is 32.2. The predicted molar refractivity (Wildman–Crippen MR) is 72.8 cm³/mol. The van der Waals surface area contributed by atoms with Crippen LogP contribution in [0.2, 0.25) is 0 Å². The maximum atomic E-state index is 12.3. The SMILES string of the molecule is CCc1ccc(S(=O)(=O)Cc2nnnn2C(C)C)s1. The molecule has 0 unspecified atom stereocenters. The summed E-state index contributed by atoms with van der Waals surface area (Å²) in [6.45, 7) is 5.82. The molecule has 0 fully saturated rings. The Balaban J connectivity index is 2.28. The third-order valence-electron chi connectivity index (χ3n) is 2.66. The van der Waals surface area contributed by atoms with Crippen molar-refractivity contribution in [3.8, 4) is 0 Å². The highest BCUT2D eigenvalue weighted by Crippen LogP contribution is 2.25. The van der Waals surface area contributed by atoms with Crippen LogP contribution in [0.25, 0.3) is 0 Å². The Hall–Kier alpha value is -1.28. The molecule has 0 amide bonds. The molecule has 0 N–H and O–H groups in total. The van der Waals surface area contributed by atoms with E-state index < -0.39 is 9.84 Å². The molecule has 0 bridgehead atoms. The summed E-state index contributed by atoms with van der Waals surface area (Å²) in [4.78, 5) is 1.06. The van der Waals surface area contributed by atoms with E-state index in [4.69, 9.17) is 0 Å². The molecular weight excluding hydrogens is 284 g/mol. The molecule has 8 heteroatoms. The van der Waals surface area contributed by atoms with Crippen LogP contribution in [0.3, 0.4) is 0 Å². The Bertz CT molecular complexity index is 658. The van der Waals surface area contributed by atoms with Crippen LogP contribution >= 0.6 is 11.3 Å². The molecule has 0 aliphatic heterocycles. The van der Waals surface area contributed by atoms with Gasteiger partial charge in [-0.05, 0) is 42.8 Å². The van der Waals surface area contributed by atoms with Crippen molar-refractivity contribution < 1.29 is 8.42 Å². The van der Waals surface area contributed by atoms with Gasteiger partial charge in [0.05, 0.1) is 6.04 Å². The molecule has 0 saturated heterocycles. The number of rotatable bonds is 5. The monoisotopic (exact) mass is 300 g/mol. The van der Waals surface area contributed by atoms with Crippen LogP contribution in [0.4, 0.5) is 0 Å². The van der Waals surface area contributed by atoms with Crippen LogP contribution in [-0.4, -0.2) is 28.6 Å². The van der Waals surface area contributed by atoms with E-state index in [1.54, 1.807) is 6.07 Å². The summed E-state index contributed by atoms with van der Waals surface area (Å²) < 4.78 is 26.5. The van der Waals surface area contributed by atoms with Crippen molar-refractivity contribution in [2.24, 2.45) is 0 Å². The van der Waals surface area contributed by atoms with Gasteiger partial charge in [-0.25, -0.2) is 13.1 Å². The third kappa shape index (κ3) is 3.01. The topological polar surface area (TPSA) is 77.7 Å². The number of aromatic nitrogens is 4. The number of hydrogen-bond donors (Lipinski definition) is 0. The molecule has 0 aliphatic rings. The van der Waals surface area contributed by atoms with Crippen LogP contribution in [0.1, 0.15) is 37.5 Å². The van der Waals surface area contributed by atoms with Gasteiger partial charge in [-0.1, -0.05) is 6.92 Å². The Morgan fingerprint density at radius 3 is 2.68 bits per heavy atom. The zero-order chi connectivity index (χ0) is 14.0. The van der Waals surface area contributed by atoms with E-state index in [1.807, 2.05) is 26.8 Å². The molecule has 0 atom stereocenters. The van der Waals surface area contributed by atoms with Gasteiger partial charge in [0, 0.05) is 4.88 Å². The maximum absolute atomic E-state index is 12.3. The van der Waals surface area contributed by atoms with Gasteiger partial charge in [0.25, 0.3) is 0 Å². The smallest absolute Gasteiger partial charge is 0.195 e. The van der Waals surface area contributed by atoms with Crippen molar-refractivity contribution in [1.82, 2.24) is 20.2 Å². The van der Waals surface area contributed by atoms with E-state index in [2.05, 4.69) is 15.5 Å². The molecular formula is C11H16N4O2S2. The van der Waals surface area contributed by atoms with Crippen molar-refractivity contribution in [3.63, 3.8) is 0 Å². The lowest BCUT2D eigenvalue weighted by Crippen LogP contribution is -2.13. The fourth-order valence-corrected chi connectivity index (χ4v) is 4.29. The van der Waals surface area contributed by atoms with Gasteiger partial charge in [0.15, 0.2) is 15.7 Å². The summed E-state index contributed by atoms with van der Waals surface area (Å²) in [5, 5.41) is 11.2. The Labute approximate surface area is 116 Å². The first-order valence-corrected chi connectivity index (χ1v) is 8.49. The quantitative estimate of drug-likeness (QED) is 0.842. The minimum atomic E-state index is -3.37. The summed E-state index contributed by atoms with van der Waals surface area (Å²) in [6, 6.07) is 3.54. The lowest BCUT2D eigenvalue weighted by Gasteiger charge is -2.07. The van der Waals surface area contributed by atoms with Crippen molar-refractivity contribution in [2.75, 3.05) is 0 Å². The third-order valence-corrected chi connectivity index (χ3v) is 6.08. The van der Waals surface area contributed by atoms with Gasteiger partial charge >= 0.3 is 0 Å². The standard InChI is InChI=1S/C11H16N4O2S2/c1-4-9-5-6-11(18-9)19(16,17)7-10-12-13-14-15(10)8(2)3/h5-6,8H,4,7H2,1-3H3. The minimum absolute atomic E-state index is 0.0368. The van der Waals surface area contributed by atoms with Crippen molar-refractivity contribution >= 4 is 21.2 Å². The largest absolute Gasteiger partial charge is 0.226 e. The summed E-state index contributed by atoms with van der Waals surface area (Å²) in [5.41, 5.74) is 0. The van der Waals surface area contributed by atoms with Crippen molar-refractivity contribution in [1.29, 1.82) is 0 Å². The first-order valence-electron chi connectivity index (χ1n) is 6.02. The molecule has 2 aromatic rings. The molecule has 0 aliphatic carbocycles. The van der Waals surface area contributed by atoms with Crippen LogP contribution in [-0.2, 0) is 22.0 Å². The molecule has 2 heterocycles. The molecule has 0 spiro atoms. The molecule has 19 heavy (non-hydrogen) atoms. The van der Waals surface area contributed by atoms with Gasteiger partial charge in [-0.2, -0.15) is 0 Å². The van der Waals surface area contributed by atoms with E-state index in [1.165, 1.54) is 16.0 Å². The van der Waals surface area contributed by atoms with Gasteiger partial charge in [-0.15, -0.1) is 16.4 Å². The van der Waals surface area contributed by atoms with E-state index >= 15 is 0 Å². The zero-order valence-corrected chi connectivity index (χ0v) is 12.7. The maximum Gasteiger partial charge on any atom is 0.195 e. The second-order valence-electron chi connectivity index (χ2n) is 4.47. The van der Waals surface area contributed by atoms with Gasteiger partial charge < -0.3 is 0 Å². The van der Waals surface area contributed by atoms with Crippen molar-refractivity contribution in [3.05, 3.63) is 22.8 Å². The average molecular weight is 300 g/mol. The van der Waals surface area contributed by atoms with E-state index in [0.717, 1.165) is 11.3 Å². The normalized spacial score (nSPS) is 12.2. The lowest BCUT2D eigenvalue weighted by atomic mass is 10.4. The summed E-state index contributed by atoms with van der Waals surface area (Å²) in [6.07, 6.45) is 0.837. The van der Waals surface area contributed by atoms with Crippen LogP contribution in [0, 0.1) is 0 Å². The van der Waals surface area contributed by atoms with Crippen LogP contribution in [0.5, 0.6) is 0 Å². The summed E-state index contributed by atoms with van der Waals surface area (Å²) >= 11 is 1.31. The second kappa shape index (κ2) is 5.38. The number of thiophene rings is 1. The number of aryl methyl sites for hydroxylation is 1. The average Bonchev–Trinajstić information content (AvgIpc) is 2.95. The first kappa shape index (κ1) is 14.1. The van der Waals surface area contributed by atoms with Gasteiger partial charge in [-0.3, -0.25) is 0 Å². The molecule has 2 rings (SSSR count). The van der Waals surface area contributed by atoms with E-state index in [9.17, 15) is 8.42 Å². The molecule has 0 saturated carbocycles. The molecule has 2 aromatic heterocycles. The van der Waals surface area contributed by atoms with Crippen molar-refractivity contribution in [2.45, 2.75) is 43.2 Å². The summed E-state index contributed by atoms with van der Waals surface area (Å²) in [5.74, 6) is 0.212. The minimum Gasteiger partial charge on any atom is -0.226 e. The second-order valence-corrected chi connectivity index (χ2v) is 7.85. The van der Waals surface area contributed by atoms with Crippen LogP contribution in [0.15, 0.2) is 16.3 Å². The van der Waals surface area contributed by atoms with E-state index in [-0.39, 0.29) is 11.8 Å². The molecule has 6 nitrogen and oxygen atoms in total. The fraction of sp³-hybridized carbons (Fsp3) is 0.545. The number of sulfone groups is 1. The Morgan fingerprint density at radius 2 is 2.11 bits per heavy atom. The first-order chi connectivity index (χ1) is 8.94. The number of hydrogen-bond acceptors (Lipinski definition) is 6. The molecule has 104 valence electrons. The number of tetrazole rings is 1. The Kier molecular flexibility index (Phi) is 4.00. The predicted octanol–water partition coefficient (Wildman–Crippen LogP) is 1.85. The molecule has 0 radical (unpaired) electrons. The van der Waals surface area contributed by atoms with Crippen LogP contribution < -0.4 is 0 Å². The molecule has 0 aromatic carbocycles. The van der Waals surface area contributed by atoms with E-state index in [0.29, 0.717) is 10.0 Å². The highest BCUT2D eigenvalue weighted by Gasteiger charge is 2.22. The van der Waals surface area contributed by atoms with Gasteiger partial charge in [0.2, 0.25) is 0 Å². The summed E-state index contributed by atoms with van der Waals surface area (Å²) in [7, 11) is -3.37. The fourth-order valence-electron chi connectivity index (χ4n) is 1.66. The zero-order valence-electron chi connectivity index (χ0n) is 11.1. The number of nitrogens with zero attached hydrogens (tertiary/aromatic N) is 4. The lowest BCUT2D eigenvalue weighted by molar-refractivity contribution is 0.498. The Morgan fingerprint density at radius 1 is 1.37 bits per heavy atom. The highest BCUT2D eigenvalue weighted by molar-refractivity contribution is 7.92. The van der Waals surface area contributed by atoms with Gasteiger partial charge in [0.1, 0.15) is 9.96 Å².